The van der Waals surface area contributed by atoms with Gasteiger partial charge in [0.05, 0.1) is 5.69 Å². The van der Waals surface area contributed by atoms with E-state index in [0.717, 1.165) is 18.9 Å². The van der Waals surface area contributed by atoms with Gasteiger partial charge in [-0.15, -0.1) is 0 Å². The molecule has 1 heterocycles. The Morgan fingerprint density at radius 1 is 1.26 bits per heavy atom. The van der Waals surface area contributed by atoms with E-state index in [1.165, 1.54) is 49.8 Å². The zero-order valence-corrected chi connectivity index (χ0v) is 11.8. The largest absolute Gasteiger partial charge is 0.351 e. The van der Waals surface area contributed by atoms with Crippen LogP contribution in [0.4, 0.5) is 5.95 Å². The maximum absolute atomic E-state index is 4.75. The average Bonchev–Trinajstić information content (AvgIpc) is 3.23. The standard InChI is InChI=1S/C15H24N4/c1-2-9-16-13-5-3-4-6-14-12(13)10-17-15(19-14)18-11-7-8-11/h10-11,13,16H,2-9H2,1H3,(H,17,18,19). The number of aryl methyl sites for hydroxylation is 1. The minimum Gasteiger partial charge on any atom is -0.351 e. The molecule has 1 aromatic rings. The van der Waals surface area contributed by atoms with Gasteiger partial charge in [-0.3, -0.25) is 0 Å². The van der Waals surface area contributed by atoms with E-state index in [0.29, 0.717) is 12.1 Å². The molecular formula is C15H24N4. The molecule has 0 radical (unpaired) electrons. The number of anilines is 1. The minimum absolute atomic E-state index is 0.451. The number of nitrogens with one attached hydrogen (secondary N) is 2. The molecule has 2 N–H and O–H groups in total. The molecule has 1 saturated carbocycles. The van der Waals surface area contributed by atoms with Crippen molar-refractivity contribution in [3.05, 3.63) is 17.5 Å². The Labute approximate surface area is 115 Å². The monoisotopic (exact) mass is 260 g/mol. The maximum Gasteiger partial charge on any atom is 0.223 e. The molecule has 0 bridgehead atoms. The van der Waals surface area contributed by atoms with Crippen LogP contribution in [0.3, 0.4) is 0 Å². The van der Waals surface area contributed by atoms with E-state index in [-0.39, 0.29) is 0 Å². The quantitative estimate of drug-likeness (QED) is 0.799. The van der Waals surface area contributed by atoms with E-state index in [9.17, 15) is 0 Å². The van der Waals surface area contributed by atoms with Gasteiger partial charge in [-0.05, 0) is 45.1 Å². The van der Waals surface area contributed by atoms with Crippen LogP contribution in [-0.2, 0) is 6.42 Å². The van der Waals surface area contributed by atoms with Crippen molar-refractivity contribution >= 4 is 5.95 Å². The minimum atomic E-state index is 0.451. The normalized spacial score (nSPS) is 22.7. The van der Waals surface area contributed by atoms with Crippen molar-refractivity contribution in [1.29, 1.82) is 0 Å². The summed E-state index contributed by atoms with van der Waals surface area (Å²) in [7, 11) is 0. The van der Waals surface area contributed by atoms with Gasteiger partial charge in [-0.25, -0.2) is 9.97 Å². The molecule has 3 rings (SSSR count). The Balaban J connectivity index is 1.78. The van der Waals surface area contributed by atoms with Gasteiger partial charge in [0.1, 0.15) is 0 Å². The molecule has 0 amide bonds. The zero-order valence-electron chi connectivity index (χ0n) is 11.8. The number of fused-ring (bicyclic) bond motifs is 1. The lowest BCUT2D eigenvalue weighted by atomic mass is 10.0. The van der Waals surface area contributed by atoms with Crippen LogP contribution in [-0.4, -0.2) is 22.6 Å². The molecule has 1 fully saturated rings. The number of hydrogen-bond donors (Lipinski definition) is 2. The lowest BCUT2D eigenvalue weighted by molar-refractivity contribution is 0.488. The first-order chi connectivity index (χ1) is 9.36. The van der Waals surface area contributed by atoms with Crippen LogP contribution in [0.25, 0.3) is 0 Å². The summed E-state index contributed by atoms with van der Waals surface area (Å²) in [5.74, 6) is 0.831. The van der Waals surface area contributed by atoms with Crippen LogP contribution >= 0.6 is 0 Å². The smallest absolute Gasteiger partial charge is 0.223 e. The van der Waals surface area contributed by atoms with Gasteiger partial charge in [0.25, 0.3) is 0 Å². The molecule has 0 aromatic carbocycles. The lowest BCUT2D eigenvalue weighted by Crippen LogP contribution is -2.23. The predicted octanol–water partition coefficient (Wildman–Crippen LogP) is 2.82. The van der Waals surface area contributed by atoms with Gasteiger partial charge < -0.3 is 10.6 Å². The van der Waals surface area contributed by atoms with E-state index in [1.807, 2.05) is 6.20 Å². The van der Waals surface area contributed by atoms with Crippen LogP contribution < -0.4 is 10.6 Å². The fourth-order valence-electron chi connectivity index (χ4n) is 2.72. The number of hydrogen-bond acceptors (Lipinski definition) is 4. The summed E-state index contributed by atoms with van der Waals surface area (Å²) in [6.07, 6.45) is 10.6. The van der Waals surface area contributed by atoms with Gasteiger partial charge in [0.2, 0.25) is 5.95 Å². The van der Waals surface area contributed by atoms with Crippen LogP contribution in [0.15, 0.2) is 6.20 Å². The highest BCUT2D eigenvalue weighted by molar-refractivity contribution is 5.34. The molecule has 0 aliphatic heterocycles. The zero-order chi connectivity index (χ0) is 13.1. The van der Waals surface area contributed by atoms with Crippen molar-refractivity contribution in [3.63, 3.8) is 0 Å². The molecule has 1 unspecified atom stereocenters. The number of nitrogens with zero attached hydrogens (tertiary/aromatic N) is 2. The fraction of sp³-hybridized carbons (Fsp3) is 0.733. The second kappa shape index (κ2) is 5.87. The SMILES string of the molecule is CCCNC1CCCCc2nc(NC3CC3)ncc21. The Bertz CT molecular complexity index is 428. The van der Waals surface area contributed by atoms with Crippen molar-refractivity contribution in [2.24, 2.45) is 0 Å². The molecule has 0 saturated heterocycles. The molecule has 2 aliphatic rings. The van der Waals surface area contributed by atoms with Crippen molar-refractivity contribution in [1.82, 2.24) is 15.3 Å². The number of aromatic nitrogens is 2. The third-order valence-corrected chi connectivity index (χ3v) is 3.98. The van der Waals surface area contributed by atoms with Crippen LogP contribution in [0.2, 0.25) is 0 Å². The summed E-state index contributed by atoms with van der Waals surface area (Å²) in [6.45, 7) is 3.29. The highest BCUT2D eigenvalue weighted by Gasteiger charge is 2.24. The summed E-state index contributed by atoms with van der Waals surface area (Å²) in [5, 5.41) is 7.04. The Hall–Kier alpha value is -1.16. The summed E-state index contributed by atoms with van der Waals surface area (Å²) in [6, 6.07) is 1.07. The highest BCUT2D eigenvalue weighted by atomic mass is 15.1. The molecule has 4 nitrogen and oxygen atoms in total. The summed E-state index contributed by atoms with van der Waals surface area (Å²) in [4.78, 5) is 9.26. The lowest BCUT2D eigenvalue weighted by Gasteiger charge is -2.18. The third-order valence-electron chi connectivity index (χ3n) is 3.98. The highest BCUT2D eigenvalue weighted by Crippen LogP contribution is 2.29. The molecule has 104 valence electrons. The summed E-state index contributed by atoms with van der Waals surface area (Å²) >= 11 is 0. The number of rotatable bonds is 5. The van der Waals surface area contributed by atoms with E-state index < -0.39 is 0 Å². The average molecular weight is 260 g/mol. The van der Waals surface area contributed by atoms with Crippen LogP contribution in [0, 0.1) is 0 Å². The van der Waals surface area contributed by atoms with Crippen molar-refractivity contribution in [2.45, 2.75) is 64.0 Å². The molecular weight excluding hydrogens is 236 g/mol. The Morgan fingerprint density at radius 2 is 2.16 bits per heavy atom. The van der Waals surface area contributed by atoms with Gasteiger partial charge in [-0.2, -0.15) is 0 Å². The van der Waals surface area contributed by atoms with Gasteiger partial charge in [-0.1, -0.05) is 13.3 Å². The first-order valence-corrected chi connectivity index (χ1v) is 7.72. The molecule has 1 aromatic heterocycles. The van der Waals surface area contributed by atoms with E-state index >= 15 is 0 Å². The second-order valence-electron chi connectivity index (χ2n) is 5.77. The molecule has 2 aliphatic carbocycles. The molecule has 1 atom stereocenters. The summed E-state index contributed by atoms with van der Waals surface area (Å²) < 4.78 is 0. The maximum atomic E-state index is 4.75. The van der Waals surface area contributed by atoms with Crippen molar-refractivity contribution in [3.8, 4) is 0 Å². The van der Waals surface area contributed by atoms with E-state index in [2.05, 4.69) is 22.5 Å². The molecule has 19 heavy (non-hydrogen) atoms. The topological polar surface area (TPSA) is 49.8 Å². The fourth-order valence-corrected chi connectivity index (χ4v) is 2.72. The Kier molecular flexibility index (Phi) is 3.97. The molecule has 0 spiro atoms. The van der Waals surface area contributed by atoms with Crippen LogP contribution in [0.5, 0.6) is 0 Å². The van der Waals surface area contributed by atoms with E-state index in [1.54, 1.807) is 0 Å². The van der Waals surface area contributed by atoms with Crippen molar-refractivity contribution < 1.29 is 0 Å². The van der Waals surface area contributed by atoms with Gasteiger partial charge >= 0.3 is 0 Å². The summed E-state index contributed by atoms with van der Waals surface area (Å²) in [5.41, 5.74) is 2.58. The van der Waals surface area contributed by atoms with Crippen molar-refractivity contribution in [2.75, 3.05) is 11.9 Å². The second-order valence-corrected chi connectivity index (χ2v) is 5.77. The van der Waals surface area contributed by atoms with Gasteiger partial charge in [0.15, 0.2) is 0 Å². The first kappa shape index (κ1) is 12.9. The third kappa shape index (κ3) is 3.24. The van der Waals surface area contributed by atoms with Gasteiger partial charge in [0, 0.05) is 23.8 Å². The predicted molar refractivity (Wildman–Crippen MR) is 77.3 cm³/mol. The Morgan fingerprint density at radius 3 is 2.95 bits per heavy atom. The van der Waals surface area contributed by atoms with Crippen LogP contribution in [0.1, 0.15) is 62.7 Å². The molecule has 4 heteroatoms. The first-order valence-electron chi connectivity index (χ1n) is 7.72. The van der Waals surface area contributed by atoms with E-state index in [4.69, 9.17) is 4.98 Å².